The van der Waals surface area contributed by atoms with Gasteiger partial charge in [-0.1, -0.05) is 43.3 Å². The van der Waals surface area contributed by atoms with E-state index in [0.29, 0.717) is 6.04 Å². The summed E-state index contributed by atoms with van der Waals surface area (Å²) in [4.78, 5) is 1.35. The lowest BCUT2D eigenvalue weighted by Crippen LogP contribution is -2.33. The van der Waals surface area contributed by atoms with Gasteiger partial charge in [0.2, 0.25) is 0 Å². The highest BCUT2D eigenvalue weighted by molar-refractivity contribution is 7.99. The number of hydrogen-bond donors (Lipinski definition) is 1. The van der Waals surface area contributed by atoms with Crippen LogP contribution in [-0.2, 0) is 6.42 Å². The van der Waals surface area contributed by atoms with Gasteiger partial charge in [-0.2, -0.15) is 0 Å². The molecule has 0 bridgehead atoms. The summed E-state index contributed by atoms with van der Waals surface area (Å²) in [7, 11) is 0. The minimum atomic E-state index is 0.514. The van der Waals surface area contributed by atoms with Crippen LogP contribution < -0.4 is 5.32 Å². The molecule has 1 unspecified atom stereocenters. The molecule has 1 nitrogen and oxygen atoms in total. The molecule has 2 aromatic carbocycles. The van der Waals surface area contributed by atoms with E-state index >= 15 is 0 Å². The molecule has 2 rings (SSSR count). The van der Waals surface area contributed by atoms with E-state index in [0.717, 1.165) is 18.7 Å². The Morgan fingerprint density at radius 3 is 2.24 bits per heavy atom. The fourth-order valence-corrected chi connectivity index (χ4v) is 3.59. The van der Waals surface area contributed by atoms with E-state index in [4.69, 9.17) is 0 Å². The van der Waals surface area contributed by atoms with Crippen LogP contribution in [0, 0.1) is 13.8 Å². The molecular formula is C19H25NS. The average Bonchev–Trinajstić information content (AvgIpc) is 2.49. The molecule has 0 heterocycles. The van der Waals surface area contributed by atoms with Gasteiger partial charge in [0.15, 0.2) is 0 Å². The van der Waals surface area contributed by atoms with Crippen molar-refractivity contribution < 1.29 is 0 Å². The zero-order valence-electron chi connectivity index (χ0n) is 13.2. The lowest BCUT2D eigenvalue weighted by Gasteiger charge is -2.20. The van der Waals surface area contributed by atoms with E-state index in [1.54, 1.807) is 0 Å². The van der Waals surface area contributed by atoms with E-state index in [1.807, 2.05) is 11.8 Å². The van der Waals surface area contributed by atoms with Crippen LogP contribution in [0.2, 0.25) is 0 Å². The van der Waals surface area contributed by atoms with Crippen LogP contribution in [0.5, 0.6) is 0 Å². The largest absolute Gasteiger partial charge is 0.313 e. The smallest absolute Gasteiger partial charge is 0.0202 e. The highest BCUT2D eigenvalue weighted by Gasteiger charge is 2.12. The fraction of sp³-hybridized carbons (Fsp3) is 0.368. The van der Waals surface area contributed by atoms with Crippen molar-refractivity contribution in [3.63, 3.8) is 0 Å². The highest BCUT2D eigenvalue weighted by Crippen LogP contribution is 2.21. The Labute approximate surface area is 133 Å². The molecule has 0 aliphatic rings. The molecule has 1 N–H and O–H groups in total. The molecule has 0 saturated heterocycles. The van der Waals surface area contributed by atoms with Crippen molar-refractivity contribution in [3.05, 3.63) is 65.2 Å². The summed E-state index contributed by atoms with van der Waals surface area (Å²) in [6, 6.07) is 17.8. The van der Waals surface area contributed by atoms with Crippen molar-refractivity contribution >= 4 is 11.8 Å². The average molecular weight is 299 g/mol. The zero-order valence-corrected chi connectivity index (χ0v) is 14.0. The number of benzene rings is 2. The Morgan fingerprint density at radius 1 is 0.952 bits per heavy atom. The van der Waals surface area contributed by atoms with Gasteiger partial charge in [-0.25, -0.2) is 0 Å². The summed E-state index contributed by atoms with van der Waals surface area (Å²) in [5.41, 5.74) is 4.31. The molecule has 0 saturated carbocycles. The van der Waals surface area contributed by atoms with Crippen LogP contribution in [-0.4, -0.2) is 18.3 Å². The van der Waals surface area contributed by atoms with Gasteiger partial charge >= 0.3 is 0 Å². The molecule has 112 valence electrons. The van der Waals surface area contributed by atoms with E-state index < -0.39 is 0 Å². The van der Waals surface area contributed by atoms with Crippen molar-refractivity contribution in [1.29, 1.82) is 0 Å². The monoisotopic (exact) mass is 299 g/mol. The Bertz CT molecular complexity index is 530. The van der Waals surface area contributed by atoms with E-state index in [1.165, 1.54) is 21.6 Å². The number of aryl methyl sites for hydroxylation is 2. The third kappa shape index (κ3) is 4.90. The topological polar surface area (TPSA) is 12.0 Å². The quantitative estimate of drug-likeness (QED) is 0.749. The predicted octanol–water partition coefficient (Wildman–Crippen LogP) is 4.62. The van der Waals surface area contributed by atoms with Crippen LogP contribution >= 0.6 is 11.8 Å². The van der Waals surface area contributed by atoms with Gasteiger partial charge in [0.25, 0.3) is 0 Å². The summed E-state index contributed by atoms with van der Waals surface area (Å²) in [6.07, 6.45) is 1.10. The standard InChI is InChI=1S/C19H25NS/c1-4-20-17(14-21-18-11-6-5-7-12-18)13-19-15(2)9-8-10-16(19)3/h5-12,17,20H,4,13-14H2,1-3H3. The van der Waals surface area contributed by atoms with Crippen LogP contribution in [0.1, 0.15) is 23.6 Å². The molecule has 2 heteroatoms. The van der Waals surface area contributed by atoms with Gasteiger partial charge < -0.3 is 5.32 Å². The maximum atomic E-state index is 3.63. The number of rotatable bonds is 7. The van der Waals surface area contributed by atoms with Gasteiger partial charge in [0, 0.05) is 16.7 Å². The highest BCUT2D eigenvalue weighted by atomic mass is 32.2. The van der Waals surface area contributed by atoms with Gasteiger partial charge in [0.1, 0.15) is 0 Å². The molecule has 0 spiro atoms. The molecule has 0 fully saturated rings. The molecule has 0 aliphatic heterocycles. The van der Waals surface area contributed by atoms with Gasteiger partial charge in [-0.3, -0.25) is 0 Å². The molecule has 0 aromatic heterocycles. The van der Waals surface area contributed by atoms with Gasteiger partial charge in [-0.05, 0) is 55.6 Å². The summed E-state index contributed by atoms with van der Waals surface area (Å²) >= 11 is 1.94. The first kappa shape index (κ1) is 16.1. The first-order valence-electron chi connectivity index (χ1n) is 7.67. The molecule has 21 heavy (non-hydrogen) atoms. The SMILES string of the molecule is CCNC(CSc1ccccc1)Cc1c(C)cccc1C. The van der Waals surface area contributed by atoms with Crippen molar-refractivity contribution in [2.45, 2.75) is 38.1 Å². The van der Waals surface area contributed by atoms with Crippen LogP contribution in [0.25, 0.3) is 0 Å². The second-order valence-electron chi connectivity index (χ2n) is 5.45. The predicted molar refractivity (Wildman–Crippen MR) is 94.3 cm³/mol. The summed E-state index contributed by atoms with van der Waals surface area (Å²) in [6.45, 7) is 7.64. The Balaban J connectivity index is 2.02. The molecule has 0 radical (unpaired) electrons. The summed E-state index contributed by atoms with van der Waals surface area (Å²) in [5.74, 6) is 1.10. The maximum Gasteiger partial charge on any atom is 0.0202 e. The molecule has 1 atom stereocenters. The Hall–Kier alpha value is -1.25. The third-order valence-corrected chi connectivity index (χ3v) is 4.96. The lowest BCUT2D eigenvalue weighted by atomic mass is 9.97. The van der Waals surface area contributed by atoms with Crippen molar-refractivity contribution in [2.75, 3.05) is 12.3 Å². The molecular weight excluding hydrogens is 274 g/mol. The first-order valence-corrected chi connectivity index (χ1v) is 8.65. The van der Waals surface area contributed by atoms with Crippen LogP contribution in [0.3, 0.4) is 0 Å². The Kier molecular flexibility index (Phi) is 6.34. The fourth-order valence-electron chi connectivity index (χ4n) is 2.61. The minimum Gasteiger partial charge on any atom is -0.313 e. The second kappa shape index (κ2) is 8.26. The number of hydrogen-bond acceptors (Lipinski definition) is 2. The van der Waals surface area contributed by atoms with E-state index in [2.05, 4.69) is 74.6 Å². The van der Waals surface area contributed by atoms with Crippen molar-refractivity contribution in [3.8, 4) is 0 Å². The van der Waals surface area contributed by atoms with Gasteiger partial charge in [0.05, 0.1) is 0 Å². The summed E-state index contributed by atoms with van der Waals surface area (Å²) < 4.78 is 0. The van der Waals surface area contributed by atoms with Crippen molar-refractivity contribution in [2.24, 2.45) is 0 Å². The summed E-state index contributed by atoms with van der Waals surface area (Å²) in [5, 5.41) is 3.63. The second-order valence-corrected chi connectivity index (χ2v) is 6.55. The molecule has 0 aliphatic carbocycles. The van der Waals surface area contributed by atoms with Crippen molar-refractivity contribution in [1.82, 2.24) is 5.32 Å². The number of nitrogens with one attached hydrogen (secondary N) is 1. The number of likely N-dealkylation sites (N-methyl/N-ethyl adjacent to an activating group) is 1. The molecule has 2 aromatic rings. The maximum absolute atomic E-state index is 3.63. The van der Waals surface area contributed by atoms with E-state index in [9.17, 15) is 0 Å². The normalized spacial score (nSPS) is 12.3. The third-order valence-electron chi connectivity index (χ3n) is 3.78. The first-order chi connectivity index (χ1) is 10.2. The number of thioether (sulfide) groups is 1. The van der Waals surface area contributed by atoms with Gasteiger partial charge in [-0.15, -0.1) is 11.8 Å². The van der Waals surface area contributed by atoms with Crippen LogP contribution in [0.4, 0.5) is 0 Å². The Morgan fingerprint density at radius 2 is 1.62 bits per heavy atom. The molecule has 0 amide bonds. The zero-order chi connectivity index (χ0) is 15.1. The minimum absolute atomic E-state index is 0.514. The van der Waals surface area contributed by atoms with E-state index in [-0.39, 0.29) is 0 Å². The lowest BCUT2D eigenvalue weighted by molar-refractivity contribution is 0.570. The van der Waals surface area contributed by atoms with Crippen LogP contribution in [0.15, 0.2) is 53.4 Å².